The Morgan fingerprint density at radius 1 is 1.24 bits per heavy atom. The summed E-state index contributed by atoms with van der Waals surface area (Å²) < 4.78 is 13.3. The molecule has 1 atom stereocenters. The van der Waals surface area contributed by atoms with Crippen LogP contribution in [0.2, 0.25) is 0 Å². The molecular formula is C17H17ClFNO. The van der Waals surface area contributed by atoms with Gasteiger partial charge in [-0.1, -0.05) is 36.4 Å². The van der Waals surface area contributed by atoms with Crippen molar-refractivity contribution in [1.29, 1.82) is 0 Å². The van der Waals surface area contributed by atoms with Gasteiger partial charge in [0.25, 0.3) is 5.91 Å². The maximum atomic E-state index is 13.3. The van der Waals surface area contributed by atoms with Crippen LogP contribution in [0.1, 0.15) is 28.4 Å². The minimum absolute atomic E-state index is 0.219. The van der Waals surface area contributed by atoms with E-state index in [9.17, 15) is 9.18 Å². The first-order valence-electron chi connectivity index (χ1n) is 6.66. The third-order valence-corrected chi connectivity index (χ3v) is 4.05. The summed E-state index contributed by atoms with van der Waals surface area (Å²) in [6, 6.07) is 13.7. The maximum absolute atomic E-state index is 13.3. The first-order valence-corrected chi connectivity index (χ1v) is 7.20. The minimum Gasteiger partial charge on any atom is -0.342 e. The van der Waals surface area contributed by atoms with E-state index in [4.69, 9.17) is 11.6 Å². The lowest BCUT2D eigenvalue weighted by Crippen LogP contribution is -2.45. The van der Waals surface area contributed by atoms with Crippen molar-refractivity contribution >= 4 is 17.5 Å². The first kappa shape index (κ1) is 15.5. The zero-order valence-electron chi connectivity index (χ0n) is 12.0. The Morgan fingerprint density at radius 3 is 2.52 bits per heavy atom. The number of nitrogens with one attached hydrogen (secondary N) is 1. The molecule has 0 aromatic heterocycles. The van der Waals surface area contributed by atoms with Gasteiger partial charge in [-0.25, -0.2) is 4.39 Å². The van der Waals surface area contributed by atoms with E-state index in [0.717, 1.165) is 11.1 Å². The number of hydrogen-bond donors (Lipinski definition) is 1. The molecule has 2 nitrogen and oxygen atoms in total. The molecule has 21 heavy (non-hydrogen) atoms. The van der Waals surface area contributed by atoms with Crippen LogP contribution in [0.25, 0.3) is 0 Å². The molecule has 0 aliphatic rings. The van der Waals surface area contributed by atoms with Crippen molar-refractivity contribution in [2.24, 2.45) is 0 Å². The lowest BCUT2D eigenvalue weighted by molar-refractivity contribution is 0.0912. The van der Waals surface area contributed by atoms with Crippen molar-refractivity contribution in [2.45, 2.75) is 19.4 Å². The van der Waals surface area contributed by atoms with E-state index < -0.39 is 11.4 Å². The van der Waals surface area contributed by atoms with Gasteiger partial charge in [-0.15, -0.1) is 11.6 Å². The Morgan fingerprint density at radius 2 is 1.90 bits per heavy atom. The van der Waals surface area contributed by atoms with Gasteiger partial charge in [0.05, 0.1) is 5.54 Å². The van der Waals surface area contributed by atoms with E-state index in [1.807, 2.05) is 37.3 Å². The van der Waals surface area contributed by atoms with Crippen molar-refractivity contribution in [2.75, 3.05) is 5.88 Å². The van der Waals surface area contributed by atoms with Crippen LogP contribution in [-0.2, 0) is 5.54 Å². The quantitative estimate of drug-likeness (QED) is 0.849. The average Bonchev–Trinajstić information content (AvgIpc) is 2.50. The molecule has 0 bridgehead atoms. The van der Waals surface area contributed by atoms with Crippen LogP contribution < -0.4 is 5.32 Å². The maximum Gasteiger partial charge on any atom is 0.252 e. The van der Waals surface area contributed by atoms with Crippen LogP contribution in [0.4, 0.5) is 4.39 Å². The van der Waals surface area contributed by atoms with Gasteiger partial charge < -0.3 is 5.32 Å². The molecule has 0 aliphatic carbocycles. The summed E-state index contributed by atoms with van der Waals surface area (Å²) in [6.07, 6.45) is 0. The van der Waals surface area contributed by atoms with Gasteiger partial charge in [-0.3, -0.25) is 4.79 Å². The summed E-state index contributed by atoms with van der Waals surface area (Å²) >= 11 is 6.06. The summed E-state index contributed by atoms with van der Waals surface area (Å²) in [4.78, 5) is 12.4. The number of amides is 1. The lowest BCUT2D eigenvalue weighted by Gasteiger charge is -2.29. The highest BCUT2D eigenvalue weighted by atomic mass is 35.5. The summed E-state index contributed by atoms with van der Waals surface area (Å²) in [5.41, 5.74) is 1.24. The van der Waals surface area contributed by atoms with E-state index in [2.05, 4.69) is 5.32 Å². The number of carbonyl (C=O) groups excluding carboxylic acids is 1. The van der Waals surface area contributed by atoms with Gasteiger partial charge in [0.15, 0.2) is 0 Å². The van der Waals surface area contributed by atoms with E-state index in [1.165, 1.54) is 12.1 Å². The van der Waals surface area contributed by atoms with Gasteiger partial charge in [0, 0.05) is 11.4 Å². The predicted molar refractivity (Wildman–Crippen MR) is 83.1 cm³/mol. The molecule has 0 saturated heterocycles. The Hall–Kier alpha value is -1.87. The molecule has 0 fully saturated rings. The summed E-state index contributed by atoms with van der Waals surface area (Å²) in [5, 5.41) is 2.91. The van der Waals surface area contributed by atoms with E-state index in [1.54, 1.807) is 13.0 Å². The highest BCUT2D eigenvalue weighted by Gasteiger charge is 2.28. The Labute approximate surface area is 128 Å². The average molecular weight is 306 g/mol. The minimum atomic E-state index is -0.710. The predicted octanol–water partition coefficient (Wildman–Crippen LogP) is 4.02. The molecule has 0 spiro atoms. The molecule has 0 aliphatic heterocycles. The molecule has 4 heteroatoms. The molecule has 1 N–H and O–H groups in total. The number of carbonyl (C=O) groups is 1. The van der Waals surface area contributed by atoms with Gasteiger partial charge in [-0.05, 0) is 37.1 Å². The molecule has 2 aromatic carbocycles. The van der Waals surface area contributed by atoms with Crippen molar-refractivity contribution in [3.63, 3.8) is 0 Å². The fourth-order valence-electron chi connectivity index (χ4n) is 2.15. The van der Waals surface area contributed by atoms with Crippen molar-refractivity contribution in [3.8, 4) is 0 Å². The molecule has 1 unspecified atom stereocenters. The zero-order chi connectivity index (χ0) is 15.5. The van der Waals surface area contributed by atoms with Crippen molar-refractivity contribution < 1.29 is 9.18 Å². The second kappa shape index (κ2) is 6.27. The Bertz CT molecular complexity index is 644. The van der Waals surface area contributed by atoms with Crippen LogP contribution in [0.15, 0.2) is 48.5 Å². The summed E-state index contributed by atoms with van der Waals surface area (Å²) in [6.45, 7) is 3.62. The van der Waals surface area contributed by atoms with Crippen molar-refractivity contribution in [3.05, 3.63) is 71.0 Å². The third-order valence-electron chi connectivity index (χ3n) is 3.51. The van der Waals surface area contributed by atoms with Crippen LogP contribution in [0.3, 0.4) is 0 Å². The first-order chi connectivity index (χ1) is 9.96. The largest absolute Gasteiger partial charge is 0.342 e. The molecule has 0 heterocycles. The van der Waals surface area contributed by atoms with E-state index in [-0.39, 0.29) is 11.8 Å². The number of halogens is 2. The number of hydrogen-bond acceptors (Lipinski definition) is 1. The lowest BCUT2D eigenvalue weighted by atomic mass is 9.93. The second-order valence-electron chi connectivity index (χ2n) is 5.25. The molecule has 2 aromatic rings. The SMILES string of the molecule is Cc1ccc(F)cc1C(=O)NC(C)(CCl)c1ccccc1. The molecular weight excluding hydrogens is 289 g/mol. The van der Waals surface area contributed by atoms with Crippen LogP contribution in [0, 0.1) is 12.7 Å². The fourth-order valence-corrected chi connectivity index (χ4v) is 2.37. The molecule has 0 saturated carbocycles. The number of benzene rings is 2. The van der Waals surface area contributed by atoms with Gasteiger partial charge in [0.2, 0.25) is 0 Å². The molecule has 1 amide bonds. The van der Waals surface area contributed by atoms with Crippen LogP contribution in [0.5, 0.6) is 0 Å². The van der Waals surface area contributed by atoms with E-state index in [0.29, 0.717) is 5.56 Å². The van der Waals surface area contributed by atoms with Crippen LogP contribution in [-0.4, -0.2) is 11.8 Å². The Balaban J connectivity index is 2.30. The zero-order valence-corrected chi connectivity index (χ0v) is 12.7. The van der Waals surface area contributed by atoms with Crippen molar-refractivity contribution in [1.82, 2.24) is 5.32 Å². The summed E-state index contributed by atoms with van der Waals surface area (Å²) in [5.74, 6) is -0.547. The number of aryl methyl sites for hydroxylation is 1. The molecule has 110 valence electrons. The number of alkyl halides is 1. The van der Waals surface area contributed by atoms with Gasteiger partial charge in [0.1, 0.15) is 5.82 Å². The fraction of sp³-hybridized carbons (Fsp3) is 0.235. The van der Waals surface area contributed by atoms with E-state index >= 15 is 0 Å². The third kappa shape index (κ3) is 3.42. The highest BCUT2D eigenvalue weighted by Crippen LogP contribution is 2.23. The standard InChI is InChI=1S/C17H17ClFNO/c1-12-8-9-14(19)10-15(12)16(21)20-17(2,11-18)13-6-4-3-5-7-13/h3-10H,11H2,1-2H3,(H,20,21). The number of rotatable bonds is 4. The highest BCUT2D eigenvalue weighted by molar-refractivity contribution is 6.19. The topological polar surface area (TPSA) is 29.1 Å². The monoisotopic (exact) mass is 305 g/mol. The van der Waals surface area contributed by atoms with Gasteiger partial charge in [-0.2, -0.15) is 0 Å². The Kier molecular flexibility index (Phi) is 4.63. The molecule has 2 rings (SSSR count). The summed E-state index contributed by atoms with van der Waals surface area (Å²) in [7, 11) is 0. The second-order valence-corrected chi connectivity index (χ2v) is 5.51. The molecule has 0 radical (unpaired) electrons. The normalized spacial score (nSPS) is 13.5. The van der Waals surface area contributed by atoms with Gasteiger partial charge >= 0.3 is 0 Å². The smallest absolute Gasteiger partial charge is 0.252 e. The van der Waals surface area contributed by atoms with Crippen LogP contribution >= 0.6 is 11.6 Å².